The number of benzene rings is 3. The first-order valence-electron chi connectivity index (χ1n) is 10.4. The van der Waals surface area contributed by atoms with Gasteiger partial charge < -0.3 is 25.2 Å². The minimum Gasteiger partial charge on any atom is -0.507 e. The van der Waals surface area contributed by atoms with Gasteiger partial charge in [0.15, 0.2) is 0 Å². The summed E-state index contributed by atoms with van der Waals surface area (Å²) in [5.74, 6) is -1.15. The Morgan fingerprint density at radius 1 is 1.09 bits per heavy atom. The van der Waals surface area contributed by atoms with E-state index >= 15 is 0 Å². The van der Waals surface area contributed by atoms with E-state index in [2.05, 4.69) is 11.9 Å². The van der Waals surface area contributed by atoms with E-state index in [0.717, 1.165) is 22.8 Å². The van der Waals surface area contributed by atoms with Gasteiger partial charge in [0.1, 0.15) is 29.4 Å². The number of ether oxygens (including phenoxy) is 1. The number of aromatic hydroxyl groups is 2. The van der Waals surface area contributed by atoms with Crippen molar-refractivity contribution in [2.45, 2.75) is 26.6 Å². The molecule has 7 heteroatoms. The molecule has 0 fully saturated rings. The van der Waals surface area contributed by atoms with E-state index in [1.165, 1.54) is 6.08 Å². The largest absolute Gasteiger partial charge is 0.507 e. The molecule has 7 nitrogen and oxygen atoms in total. The van der Waals surface area contributed by atoms with Crippen molar-refractivity contribution >= 4 is 17.5 Å². The summed E-state index contributed by atoms with van der Waals surface area (Å²) in [6, 6.07) is 16.0. The monoisotopic (exact) mass is 444 g/mol. The molecule has 0 aliphatic carbocycles. The molecule has 0 saturated heterocycles. The summed E-state index contributed by atoms with van der Waals surface area (Å²) in [5, 5.41) is 23.6. The predicted molar refractivity (Wildman–Crippen MR) is 124 cm³/mol. The number of nitrogens with zero attached hydrogens (tertiary/aromatic N) is 1. The fraction of sp³-hybridized carbons (Fsp3) is 0.154. The van der Waals surface area contributed by atoms with Gasteiger partial charge in [-0.15, -0.1) is 0 Å². The van der Waals surface area contributed by atoms with Crippen molar-refractivity contribution in [2.24, 2.45) is 0 Å². The lowest BCUT2D eigenvalue weighted by molar-refractivity contribution is -0.111. The number of phenolic OH excluding ortho intramolecular Hbond substituents is 2. The molecule has 1 heterocycles. The van der Waals surface area contributed by atoms with E-state index in [0.29, 0.717) is 17.8 Å². The van der Waals surface area contributed by atoms with Crippen LogP contribution in [0.15, 0.2) is 67.3 Å². The second-order valence-corrected chi connectivity index (χ2v) is 7.82. The van der Waals surface area contributed by atoms with E-state index in [9.17, 15) is 19.8 Å². The highest BCUT2D eigenvalue weighted by atomic mass is 16.5. The number of carbonyl (C=O) groups excluding carboxylic acids is 2. The molecule has 3 N–H and O–H groups in total. The predicted octanol–water partition coefficient (Wildman–Crippen LogP) is 4.27. The first-order valence-corrected chi connectivity index (χ1v) is 10.4. The molecule has 0 unspecified atom stereocenters. The third-order valence-electron chi connectivity index (χ3n) is 5.64. The van der Waals surface area contributed by atoms with Gasteiger partial charge in [0.05, 0.1) is 0 Å². The molecule has 0 saturated carbocycles. The first-order chi connectivity index (χ1) is 15.9. The van der Waals surface area contributed by atoms with E-state index in [1.54, 1.807) is 17.9 Å². The van der Waals surface area contributed by atoms with Crippen molar-refractivity contribution in [1.29, 1.82) is 0 Å². The smallest absolute Gasteiger partial charge is 0.262 e. The molecule has 0 radical (unpaired) electrons. The van der Waals surface area contributed by atoms with Crippen LogP contribution >= 0.6 is 0 Å². The van der Waals surface area contributed by atoms with Crippen LogP contribution in [0.3, 0.4) is 0 Å². The zero-order valence-corrected chi connectivity index (χ0v) is 18.2. The van der Waals surface area contributed by atoms with Crippen molar-refractivity contribution in [3.05, 3.63) is 95.1 Å². The summed E-state index contributed by atoms with van der Waals surface area (Å²) >= 11 is 0. The second-order valence-electron chi connectivity index (χ2n) is 7.82. The van der Waals surface area contributed by atoms with Crippen LogP contribution in [0, 0.1) is 6.92 Å². The lowest BCUT2D eigenvalue weighted by atomic mass is 10.1. The van der Waals surface area contributed by atoms with Crippen LogP contribution < -0.4 is 10.1 Å². The number of rotatable bonds is 6. The molecule has 3 aromatic carbocycles. The third kappa shape index (κ3) is 4.39. The van der Waals surface area contributed by atoms with Crippen LogP contribution in [-0.4, -0.2) is 26.9 Å². The topological polar surface area (TPSA) is 99.1 Å². The highest BCUT2D eigenvalue weighted by molar-refractivity contribution is 6.02. The summed E-state index contributed by atoms with van der Waals surface area (Å²) in [6.07, 6.45) is 1.19. The Morgan fingerprint density at radius 2 is 1.85 bits per heavy atom. The van der Waals surface area contributed by atoms with Gasteiger partial charge in [-0.25, -0.2) is 0 Å². The van der Waals surface area contributed by atoms with Gasteiger partial charge in [-0.3, -0.25) is 9.59 Å². The SMILES string of the molecule is C=CC(=O)Nc1cccc2c1CN(C(=O)c1c(O)cc(O)c(C)c1OCc1ccccc1)C2. The van der Waals surface area contributed by atoms with Crippen molar-refractivity contribution in [2.75, 3.05) is 5.32 Å². The van der Waals surface area contributed by atoms with Crippen LogP contribution in [0.5, 0.6) is 17.2 Å². The number of hydrogen-bond acceptors (Lipinski definition) is 5. The zero-order valence-electron chi connectivity index (χ0n) is 18.2. The average molecular weight is 444 g/mol. The molecule has 3 aromatic rings. The van der Waals surface area contributed by atoms with Crippen molar-refractivity contribution in [3.8, 4) is 17.2 Å². The van der Waals surface area contributed by atoms with Crippen LogP contribution in [0.25, 0.3) is 0 Å². The molecule has 2 amide bonds. The van der Waals surface area contributed by atoms with Crippen molar-refractivity contribution in [3.63, 3.8) is 0 Å². The maximum Gasteiger partial charge on any atom is 0.262 e. The molecule has 168 valence electrons. The molecule has 0 atom stereocenters. The van der Waals surface area contributed by atoms with Gasteiger partial charge in [0, 0.05) is 36.0 Å². The second kappa shape index (κ2) is 9.08. The Kier molecular flexibility index (Phi) is 6.04. The summed E-state index contributed by atoms with van der Waals surface area (Å²) in [5.41, 5.74) is 3.57. The van der Waals surface area contributed by atoms with Gasteiger partial charge in [0.2, 0.25) is 5.91 Å². The van der Waals surface area contributed by atoms with Crippen molar-refractivity contribution < 1.29 is 24.5 Å². The Labute approximate surface area is 191 Å². The first kappa shape index (κ1) is 22.0. The quantitative estimate of drug-likeness (QED) is 0.493. The Balaban J connectivity index is 1.64. The van der Waals surface area contributed by atoms with Gasteiger partial charge in [-0.1, -0.05) is 49.0 Å². The Bertz CT molecular complexity index is 1240. The van der Waals surface area contributed by atoms with E-state index in [4.69, 9.17) is 4.74 Å². The molecule has 0 aromatic heterocycles. The molecule has 4 rings (SSSR count). The molecule has 0 spiro atoms. The average Bonchev–Trinajstić information content (AvgIpc) is 3.26. The van der Waals surface area contributed by atoms with Gasteiger partial charge in [-0.2, -0.15) is 0 Å². The zero-order chi connectivity index (χ0) is 23.5. The van der Waals surface area contributed by atoms with E-state index < -0.39 is 5.91 Å². The van der Waals surface area contributed by atoms with E-state index in [-0.39, 0.29) is 41.9 Å². The van der Waals surface area contributed by atoms with Crippen LogP contribution in [0.2, 0.25) is 0 Å². The third-order valence-corrected chi connectivity index (χ3v) is 5.64. The van der Waals surface area contributed by atoms with Crippen molar-refractivity contribution in [1.82, 2.24) is 4.90 Å². The molecule has 0 bridgehead atoms. The fourth-order valence-corrected chi connectivity index (χ4v) is 3.87. The van der Waals surface area contributed by atoms with Gasteiger partial charge in [-0.05, 0) is 30.2 Å². The maximum atomic E-state index is 13.5. The number of amides is 2. The van der Waals surface area contributed by atoms with Crippen LogP contribution in [0.1, 0.15) is 32.6 Å². The summed E-state index contributed by atoms with van der Waals surface area (Å²) in [6.45, 7) is 5.83. The highest BCUT2D eigenvalue weighted by Gasteiger charge is 2.31. The normalized spacial score (nSPS) is 12.2. The lowest BCUT2D eigenvalue weighted by Crippen LogP contribution is -2.26. The van der Waals surface area contributed by atoms with Crippen LogP contribution in [-0.2, 0) is 24.5 Å². The summed E-state index contributed by atoms with van der Waals surface area (Å²) < 4.78 is 5.93. The number of anilines is 1. The number of hydrogen-bond donors (Lipinski definition) is 3. The standard InChI is InChI=1S/C26H24N2O5/c1-3-23(31)27-20-11-7-10-18-13-28(14-19(18)20)26(32)24-22(30)12-21(29)16(2)25(24)33-15-17-8-5-4-6-9-17/h3-12,29-30H,1,13-15H2,2H3,(H,27,31). The minimum absolute atomic E-state index is 0.00860. The summed E-state index contributed by atoms with van der Waals surface area (Å²) in [4.78, 5) is 26.9. The maximum absolute atomic E-state index is 13.5. The number of fused-ring (bicyclic) bond motifs is 1. The number of phenols is 2. The molecule has 1 aliphatic heterocycles. The molecule has 33 heavy (non-hydrogen) atoms. The number of carbonyl (C=O) groups is 2. The van der Waals surface area contributed by atoms with Gasteiger partial charge >= 0.3 is 0 Å². The summed E-state index contributed by atoms with van der Waals surface area (Å²) in [7, 11) is 0. The molecule has 1 aliphatic rings. The van der Waals surface area contributed by atoms with Crippen LogP contribution in [0.4, 0.5) is 5.69 Å². The Hall–Kier alpha value is -4.26. The molecular formula is C26H24N2O5. The fourth-order valence-electron chi connectivity index (χ4n) is 3.87. The van der Waals surface area contributed by atoms with Gasteiger partial charge in [0.25, 0.3) is 5.91 Å². The lowest BCUT2D eigenvalue weighted by Gasteiger charge is -2.21. The Morgan fingerprint density at radius 3 is 2.58 bits per heavy atom. The van der Waals surface area contributed by atoms with E-state index in [1.807, 2.05) is 42.5 Å². The molecular weight excluding hydrogens is 420 g/mol. The number of nitrogens with one attached hydrogen (secondary N) is 1. The minimum atomic E-state index is -0.434. The highest BCUT2D eigenvalue weighted by Crippen LogP contribution is 2.40.